The fourth-order valence-electron chi connectivity index (χ4n) is 5.09. The van der Waals surface area contributed by atoms with Crippen LogP contribution in [0.15, 0.2) is 47.0 Å². The summed E-state index contributed by atoms with van der Waals surface area (Å²) < 4.78 is 18.7. The van der Waals surface area contributed by atoms with E-state index in [0.29, 0.717) is 31.0 Å². The van der Waals surface area contributed by atoms with Crippen molar-refractivity contribution in [1.29, 1.82) is 0 Å². The summed E-state index contributed by atoms with van der Waals surface area (Å²) in [5.41, 5.74) is 2.13. The Morgan fingerprint density at radius 2 is 1.94 bits per heavy atom. The normalized spacial score (nSPS) is 19.8. The molecule has 2 aromatic carbocycles. The summed E-state index contributed by atoms with van der Waals surface area (Å²) in [6.07, 6.45) is 1.69. The highest BCUT2D eigenvalue weighted by molar-refractivity contribution is 6.05. The van der Waals surface area contributed by atoms with Gasteiger partial charge >= 0.3 is 0 Å². The zero-order chi connectivity index (χ0) is 22.5. The lowest BCUT2D eigenvalue weighted by Crippen LogP contribution is -2.42. The van der Waals surface area contributed by atoms with Gasteiger partial charge in [0.05, 0.1) is 17.1 Å². The minimum Gasteiger partial charge on any atom is -0.356 e. The first-order valence-corrected chi connectivity index (χ1v) is 11.2. The van der Waals surface area contributed by atoms with Crippen LogP contribution in [0.2, 0.25) is 0 Å². The molecule has 4 aromatic rings. The zero-order valence-electron chi connectivity index (χ0n) is 17.8. The van der Waals surface area contributed by atoms with E-state index in [-0.39, 0.29) is 35.9 Å². The highest BCUT2D eigenvalue weighted by atomic mass is 19.1. The molecule has 0 unspecified atom stereocenters. The Kier molecular flexibility index (Phi) is 4.63. The van der Waals surface area contributed by atoms with Crippen molar-refractivity contribution < 1.29 is 18.5 Å². The molecule has 0 aliphatic carbocycles. The van der Waals surface area contributed by atoms with E-state index in [4.69, 9.17) is 4.52 Å². The van der Waals surface area contributed by atoms with Crippen molar-refractivity contribution in [2.75, 3.05) is 24.5 Å². The van der Waals surface area contributed by atoms with Crippen molar-refractivity contribution in [2.45, 2.75) is 25.2 Å². The van der Waals surface area contributed by atoms with Gasteiger partial charge in [0.25, 0.3) is 0 Å². The number of halogens is 1. The number of benzene rings is 2. The first kappa shape index (κ1) is 19.9. The number of nitrogens with zero attached hydrogens (tertiary/aromatic N) is 4. The first-order valence-electron chi connectivity index (χ1n) is 11.2. The molecular weight excluding hydrogens is 425 g/mol. The van der Waals surface area contributed by atoms with Crippen LogP contribution in [0.3, 0.4) is 0 Å². The molecule has 168 valence electrons. The average Bonchev–Trinajstić information content (AvgIpc) is 3.55. The highest BCUT2D eigenvalue weighted by Gasteiger charge is 2.39. The minimum atomic E-state index is -0.375. The van der Waals surface area contributed by atoms with Crippen molar-refractivity contribution in [1.82, 2.24) is 20.3 Å². The van der Waals surface area contributed by atoms with Crippen LogP contribution in [-0.4, -0.2) is 51.7 Å². The number of H-pyrrole nitrogens is 1. The number of anilines is 1. The topological polar surface area (TPSA) is 95.3 Å². The van der Waals surface area contributed by atoms with E-state index in [1.165, 1.54) is 12.1 Å². The van der Waals surface area contributed by atoms with Crippen LogP contribution in [0.1, 0.15) is 30.9 Å². The maximum absolute atomic E-state index is 13.4. The van der Waals surface area contributed by atoms with Crippen LogP contribution in [-0.2, 0) is 9.59 Å². The number of amides is 2. The molecular formula is C24H22FN5O3. The molecule has 2 fully saturated rings. The number of fused-ring (bicyclic) bond motifs is 2. The van der Waals surface area contributed by atoms with Gasteiger partial charge in [0, 0.05) is 48.8 Å². The molecule has 0 saturated carbocycles. The summed E-state index contributed by atoms with van der Waals surface area (Å²) >= 11 is 0. The summed E-state index contributed by atoms with van der Waals surface area (Å²) in [5, 5.41) is 13.1. The predicted molar refractivity (Wildman–Crippen MR) is 119 cm³/mol. The fraction of sp³-hybridized carbons (Fsp3) is 0.333. The Hall–Kier alpha value is -3.75. The van der Waals surface area contributed by atoms with Gasteiger partial charge in [-0.2, -0.15) is 5.10 Å². The van der Waals surface area contributed by atoms with Gasteiger partial charge in [-0.05, 0) is 37.1 Å². The van der Waals surface area contributed by atoms with Crippen LogP contribution in [0.5, 0.6) is 0 Å². The van der Waals surface area contributed by atoms with E-state index in [2.05, 4.69) is 15.4 Å². The van der Waals surface area contributed by atoms with E-state index < -0.39 is 0 Å². The molecule has 2 amide bonds. The summed E-state index contributed by atoms with van der Waals surface area (Å²) in [4.78, 5) is 29.4. The maximum Gasteiger partial charge on any atom is 0.229 e. The molecule has 1 atom stereocenters. The molecule has 0 radical (unpaired) electrons. The minimum absolute atomic E-state index is 0.0104. The van der Waals surface area contributed by atoms with Gasteiger partial charge in [-0.1, -0.05) is 17.3 Å². The molecule has 2 aromatic heterocycles. The molecule has 6 rings (SSSR count). The molecule has 2 aliphatic rings. The number of nitrogens with one attached hydrogen (secondary N) is 1. The predicted octanol–water partition coefficient (Wildman–Crippen LogP) is 3.60. The number of aromatic amines is 1. The Morgan fingerprint density at radius 1 is 1.12 bits per heavy atom. The first-order chi connectivity index (χ1) is 16.1. The number of carbonyl (C=O) groups excluding carboxylic acids is 2. The Labute approximate surface area is 188 Å². The SMILES string of the molecule is O=C([C@H]1CC(=O)N(c2n[nH]c3ccccc23)C1)N1CCC(c2noc3cc(F)ccc23)CC1. The molecule has 1 N–H and O–H groups in total. The third-order valence-electron chi connectivity index (χ3n) is 6.84. The van der Waals surface area contributed by atoms with Gasteiger partial charge in [-0.25, -0.2) is 4.39 Å². The maximum atomic E-state index is 13.4. The second kappa shape index (κ2) is 7.68. The second-order valence-electron chi connectivity index (χ2n) is 8.81. The number of hydrogen-bond donors (Lipinski definition) is 1. The number of aromatic nitrogens is 3. The van der Waals surface area contributed by atoms with Crippen molar-refractivity contribution in [3.8, 4) is 0 Å². The third kappa shape index (κ3) is 3.35. The summed E-state index contributed by atoms with van der Waals surface area (Å²) in [6.45, 7) is 1.52. The lowest BCUT2D eigenvalue weighted by atomic mass is 9.91. The van der Waals surface area contributed by atoms with Crippen molar-refractivity contribution in [3.05, 3.63) is 54.0 Å². The van der Waals surface area contributed by atoms with Gasteiger partial charge in [-0.15, -0.1) is 0 Å². The lowest BCUT2D eigenvalue weighted by molar-refractivity contribution is -0.136. The van der Waals surface area contributed by atoms with Crippen LogP contribution in [0.4, 0.5) is 10.2 Å². The summed E-state index contributed by atoms with van der Waals surface area (Å²) in [7, 11) is 0. The summed E-state index contributed by atoms with van der Waals surface area (Å²) in [6, 6.07) is 12.1. The van der Waals surface area contributed by atoms with Gasteiger partial charge in [0.1, 0.15) is 5.82 Å². The number of likely N-dealkylation sites (tertiary alicyclic amines) is 1. The van der Waals surface area contributed by atoms with Gasteiger partial charge < -0.3 is 9.42 Å². The molecule has 9 heteroatoms. The number of carbonyl (C=O) groups is 2. The lowest BCUT2D eigenvalue weighted by Gasteiger charge is -2.32. The second-order valence-corrected chi connectivity index (χ2v) is 8.81. The molecule has 4 heterocycles. The van der Waals surface area contributed by atoms with E-state index in [1.807, 2.05) is 29.2 Å². The standard InChI is InChI=1S/C24H22FN5O3/c25-16-5-6-18-20(12-16)33-28-22(18)14-7-9-29(10-8-14)24(32)15-11-21(31)30(13-15)23-17-3-1-2-4-19(17)26-27-23/h1-6,12,14-15H,7-11,13H2,(H,26,27)/t15-/m0/s1. The van der Waals surface area contributed by atoms with Crippen molar-refractivity contribution in [3.63, 3.8) is 0 Å². The Bertz CT molecular complexity index is 1370. The Balaban J connectivity index is 1.13. The van der Waals surface area contributed by atoms with Crippen LogP contribution >= 0.6 is 0 Å². The number of rotatable bonds is 3. The van der Waals surface area contributed by atoms with Gasteiger partial charge in [0.15, 0.2) is 11.4 Å². The van der Waals surface area contributed by atoms with E-state index in [9.17, 15) is 14.0 Å². The van der Waals surface area contributed by atoms with Crippen LogP contribution in [0, 0.1) is 11.7 Å². The Morgan fingerprint density at radius 3 is 2.79 bits per heavy atom. The molecule has 0 bridgehead atoms. The largest absolute Gasteiger partial charge is 0.356 e. The average molecular weight is 447 g/mol. The third-order valence-corrected chi connectivity index (χ3v) is 6.84. The van der Waals surface area contributed by atoms with Crippen LogP contribution in [0.25, 0.3) is 21.9 Å². The van der Waals surface area contributed by atoms with Crippen LogP contribution < -0.4 is 4.90 Å². The van der Waals surface area contributed by atoms with Gasteiger partial charge in [0.2, 0.25) is 11.8 Å². The smallest absolute Gasteiger partial charge is 0.229 e. The quantitative estimate of drug-likeness (QED) is 0.518. The van der Waals surface area contributed by atoms with E-state index in [0.717, 1.165) is 34.8 Å². The highest BCUT2D eigenvalue weighted by Crippen LogP contribution is 2.35. The monoisotopic (exact) mass is 447 g/mol. The van der Waals surface area contributed by atoms with E-state index >= 15 is 0 Å². The molecule has 2 aliphatic heterocycles. The zero-order valence-corrected chi connectivity index (χ0v) is 17.8. The number of piperidine rings is 1. The molecule has 33 heavy (non-hydrogen) atoms. The van der Waals surface area contributed by atoms with Crippen molar-refractivity contribution >= 4 is 39.5 Å². The van der Waals surface area contributed by atoms with Crippen molar-refractivity contribution in [2.24, 2.45) is 5.92 Å². The summed E-state index contributed by atoms with van der Waals surface area (Å²) in [5.74, 6) is -0.0659. The molecule has 0 spiro atoms. The van der Waals surface area contributed by atoms with Gasteiger partial charge in [-0.3, -0.25) is 19.6 Å². The molecule has 2 saturated heterocycles. The number of hydrogen-bond acceptors (Lipinski definition) is 5. The molecule has 8 nitrogen and oxygen atoms in total. The number of para-hydroxylation sites is 1. The fourth-order valence-corrected chi connectivity index (χ4v) is 5.09. The van der Waals surface area contributed by atoms with E-state index in [1.54, 1.807) is 11.0 Å².